The monoisotopic (exact) mass is 966 g/mol. The third-order valence-electron chi connectivity index (χ3n) is 16.5. The molecule has 0 unspecified atom stereocenters. The molecule has 1 spiro atoms. The molecule has 0 aromatic heterocycles. The fourth-order valence-corrected chi connectivity index (χ4v) is 13.5. The lowest BCUT2D eigenvalue weighted by atomic mass is 9.64. The second-order valence-electron chi connectivity index (χ2n) is 20.3. The zero-order valence-electron chi connectivity index (χ0n) is 41.8. The van der Waals surface area contributed by atoms with Gasteiger partial charge in [-0.3, -0.25) is 0 Å². The number of para-hydroxylation sites is 3. The molecule has 2 heteroatoms. The molecule has 1 aliphatic heterocycles. The molecular weight excluding hydrogens is 917 g/mol. The summed E-state index contributed by atoms with van der Waals surface area (Å²) >= 11 is 0. The summed E-state index contributed by atoms with van der Waals surface area (Å²) in [4.78, 5) is 5.05. The summed E-state index contributed by atoms with van der Waals surface area (Å²) in [6.07, 6.45) is 0. The Morgan fingerprint density at radius 1 is 0.263 bits per heavy atom. The first-order chi connectivity index (χ1) is 37.7. The van der Waals surface area contributed by atoms with Crippen LogP contribution in [0.5, 0.6) is 0 Å². The van der Waals surface area contributed by atoms with Gasteiger partial charge in [-0.15, -0.1) is 0 Å². The van der Waals surface area contributed by atoms with Gasteiger partial charge in [-0.05, 0) is 132 Å². The van der Waals surface area contributed by atoms with Crippen LogP contribution in [0, 0.1) is 0 Å². The van der Waals surface area contributed by atoms with Crippen molar-refractivity contribution in [2.24, 2.45) is 0 Å². The molecule has 0 amide bonds. The molecule has 0 atom stereocenters. The molecule has 0 saturated carbocycles. The Labute approximate surface area is 444 Å². The Balaban J connectivity index is 1.05. The lowest BCUT2D eigenvalue weighted by molar-refractivity contribution is 0.752. The third-order valence-corrected chi connectivity index (χ3v) is 16.5. The van der Waals surface area contributed by atoms with Crippen molar-refractivity contribution in [3.63, 3.8) is 0 Å². The largest absolute Gasteiger partial charge is 0.310 e. The van der Waals surface area contributed by atoms with E-state index in [4.69, 9.17) is 0 Å². The van der Waals surface area contributed by atoms with Gasteiger partial charge >= 0.3 is 0 Å². The average molecular weight is 967 g/mol. The van der Waals surface area contributed by atoms with Crippen LogP contribution < -0.4 is 9.80 Å². The Morgan fingerprint density at radius 3 is 1.38 bits per heavy atom. The van der Waals surface area contributed by atoms with Crippen LogP contribution in [-0.4, -0.2) is 0 Å². The minimum atomic E-state index is -0.638. The first-order valence-electron chi connectivity index (χ1n) is 26.4. The molecule has 2 nitrogen and oxygen atoms in total. The van der Waals surface area contributed by atoms with Crippen LogP contribution >= 0.6 is 0 Å². The predicted octanol–water partition coefficient (Wildman–Crippen LogP) is 19.0. The SMILES string of the molecule is c1ccc(-c2ccc(N(c3ccc4c(c3)C(c3ccccc3)(c3ccccc3)c3ccccc3-4)c3cccc4c3-c3ccccc3C43c4ccccc4N(c4ccccc4)c4ccccc43)c(-c3ccccc3)c2)cc1. The molecule has 0 radical (unpaired) electrons. The van der Waals surface area contributed by atoms with E-state index in [0.717, 1.165) is 33.9 Å². The van der Waals surface area contributed by atoms with E-state index in [1.54, 1.807) is 0 Å². The number of benzene rings is 12. The number of fused-ring (bicyclic) bond motifs is 12. The average Bonchev–Trinajstić information content (AvgIpc) is 4.20. The first-order valence-corrected chi connectivity index (χ1v) is 26.4. The highest BCUT2D eigenvalue weighted by atomic mass is 15.2. The second-order valence-corrected chi connectivity index (χ2v) is 20.3. The first kappa shape index (κ1) is 43.8. The number of rotatable bonds is 8. The van der Waals surface area contributed by atoms with E-state index in [-0.39, 0.29) is 0 Å². The molecule has 15 rings (SSSR count). The molecule has 0 bridgehead atoms. The normalized spacial score (nSPS) is 13.7. The van der Waals surface area contributed by atoms with Crippen molar-refractivity contribution in [1.29, 1.82) is 0 Å². The molecule has 0 N–H and O–H groups in total. The summed E-state index contributed by atoms with van der Waals surface area (Å²) < 4.78 is 0. The van der Waals surface area contributed by atoms with Crippen LogP contribution in [0.15, 0.2) is 303 Å². The molecule has 0 saturated heterocycles. The molecule has 1 heterocycles. The third kappa shape index (κ3) is 6.28. The van der Waals surface area contributed by atoms with Crippen LogP contribution in [0.1, 0.15) is 44.5 Å². The van der Waals surface area contributed by atoms with Crippen LogP contribution in [-0.2, 0) is 10.8 Å². The van der Waals surface area contributed by atoms with Gasteiger partial charge in [-0.1, -0.05) is 249 Å². The van der Waals surface area contributed by atoms with Gasteiger partial charge in [-0.25, -0.2) is 0 Å². The molecule has 12 aromatic rings. The zero-order valence-corrected chi connectivity index (χ0v) is 41.8. The highest BCUT2D eigenvalue weighted by molar-refractivity contribution is 6.03. The predicted molar refractivity (Wildman–Crippen MR) is 315 cm³/mol. The lowest BCUT2D eigenvalue weighted by Crippen LogP contribution is -2.36. The van der Waals surface area contributed by atoms with Crippen molar-refractivity contribution < 1.29 is 0 Å². The van der Waals surface area contributed by atoms with Gasteiger partial charge in [0.25, 0.3) is 0 Å². The summed E-state index contributed by atoms with van der Waals surface area (Å²) in [5, 5.41) is 0. The molecular formula is C74H50N2. The quantitative estimate of drug-likeness (QED) is 0.150. The highest BCUT2D eigenvalue weighted by Crippen LogP contribution is 2.66. The number of anilines is 6. The molecule has 12 aromatic carbocycles. The van der Waals surface area contributed by atoms with Gasteiger partial charge < -0.3 is 9.80 Å². The van der Waals surface area contributed by atoms with Crippen LogP contribution in [0.3, 0.4) is 0 Å². The lowest BCUT2D eigenvalue weighted by Gasteiger charge is -2.45. The highest BCUT2D eigenvalue weighted by Gasteiger charge is 2.53. The van der Waals surface area contributed by atoms with E-state index in [2.05, 4.69) is 313 Å². The number of hydrogen-bond acceptors (Lipinski definition) is 2. The summed E-state index contributed by atoms with van der Waals surface area (Å²) in [6, 6.07) is 113. The van der Waals surface area contributed by atoms with Crippen molar-refractivity contribution in [1.82, 2.24) is 0 Å². The second kappa shape index (κ2) is 17.4. The fraction of sp³-hybridized carbons (Fsp3) is 0.0270. The van der Waals surface area contributed by atoms with E-state index in [1.807, 2.05) is 0 Å². The van der Waals surface area contributed by atoms with Crippen molar-refractivity contribution in [2.45, 2.75) is 10.8 Å². The summed E-state index contributed by atoms with van der Waals surface area (Å²) in [5.41, 5.74) is 25.3. The Morgan fingerprint density at radius 2 is 0.750 bits per heavy atom. The fourth-order valence-electron chi connectivity index (χ4n) is 13.5. The summed E-state index contributed by atoms with van der Waals surface area (Å²) in [7, 11) is 0. The van der Waals surface area contributed by atoms with Gasteiger partial charge in [0.15, 0.2) is 0 Å². The van der Waals surface area contributed by atoms with Crippen LogP contribution in [0.4, 0.5) is 34.1 Å². The molecule has 3 aliphatic rings. The van der Waals surface area contributed by atoms with Gasteiger partial charge in [0.1, 0.15) is 0 Å². The minimum absolute atomic E-state index is 0.592. The van der Waals surface area contributed by atoms with Crippen molar-refractivity contribution in [2.75, 3.05) is 9.80 Å². The van der Waals surface area contributed by atoms with Crippen molar-refractivity contribution in [3.8, 4) is 44.5 Å². The van der Waals surface area contributed by atoms with Gasteiger partial charge in [0.05, 0.1) is 33.6 Å². The Bertz CT molecular complexity index is 4080. The number of nitrogens with zero attached hydrogens (tertiary/aromatic N) is 2. The Kier molecular flexibility index (Phi) is 10.0. The van der Waals surface area contributed by atoms with Crippen LogP contribution in [0.2, 0.25) is 0 Å². The van der Waals surface area contributed by atoms with Gasteiger partial charge in [0, 0.05) is 22.5 Å². The maximum atomic E-state index is 2.59. The topological polar surface area (TPSA) is 6.48 Å². The van der Waals surface area contributed by atoms with Crippen molar-refractivity contribution >= 4 is 34.1 Å². The van der Waals surface area contributed by atoms with Gasteiger partial charge in [-0.2, -0.15) is 0 Å². The molecule has 0 fully saturated rings. The van der Waals surface area contributed by atoms with E-state index in [0.29, 0.717) is 0 Å². The van der Waals surface area contributed by atoms with Gasteiger partial charge in [0.2, 0.25) is 0 Å². The van der Waals surface area contributed by atoms with E-state index in [9.17, 15) is 0 Å². The molecule has 76 heavy (non-hydrogen) atoms. The standard InChI is InChI=1S/C74H50N2/c1-6-25-51(26-7-1)53-45-48-68(61(49-53)52-27-8-2-9-28-52)76(57-46-47-59-58-35-16-18-37-62(58)73(67(59)50-57,54-29-10-3-11-30-54)55-31-12-4-13-32-55)71-44-24-41-66-72(71)60-36-17-19-38-63(60)74(66)64-39-20-22-42-69(64)75(56-33-14-5-15-34-56)70-43-23-21-40-65(70)74/h1-50H. The molecule has 2 aliphatic carbocycles. The maximum Gasteiger partial charge on any atom is 0.0755 e. The van der Waals surface area contributed by atoms with Crippen molar-refractivity contribution in [3.05, 3.63) is 348 Å². The van der Waals surface area contributed by atoms with E-state index < -0.39 is 10.8 Å². The number of hydrogen-bond donors (Lipinski definition) is 0. The van der Waals surface area contributed by atoms with E-state index in [1.165, 1.54) is 89.3 Å². The van der Waals surface area contributed by atoms with E-state index >= 15 is 0 Å². The van der Waals surface area contributed by atoms with Crippen LogP contribution in [0.25, 0.3) is 44.5 Å². The summed E-state index contributed by atoms with van der Waals surface area (Å²) in [6.45, 7) is 0. The molecule has 356 valence electrons. The minimum Gasteiger partial charge on any atom is -0.310 e. The summed E-state index contributed by atoms with van der Waals surface area (Å²) in [5.74, 6) is 0. The zero-order chi connectivity index (χ0) is 50.2. The maximum absolute atomic E-state index is 2.59. The smallest absolute Gasteiger partial charge is 0.0755 e. The Hall–Kier alpha value is -9.76.